The maximum atomic E-state index is 9.63. The van der Waals surface area contributed by atoms with E-state index in [1.165, 1.54) is 14.2 Å². The molecule has 0 aromatic rings. The van der Waals surface area contributed by atoms with Crippen LogP contribution in [-0.2, 0) is 28.2 Å². The lowest BCUT2D eigenvalue weighted by atomic mass is 9.96. The van der Waals surface area contributed by atoms with Crippen LogP contribution < -0.4 is 0 Å². The SMILES string of the molecule is [2H]C[C@]12O[C@H]([3H])[C@H](O[C@H]1C)[C@@H]2O.[2H]C[C@]12O[C@H]([3H])[C@H](O[C@H]1C)[C@@H]2OP(CCCOC)N(C(C)C)C(C)C.[3H]OC.[3H]OC. The molecule has 0 aromatic heterocycles. The molecule has 4 aliphatic rings. The molecule has 0 radical (unpaired) electrons. The van der Waals surface area contributed by atoms with Crippen LogP contribution in [-0.4, -0.2) is 130 Å². The van der Waals surface area contributed by atoms with Gasteiger partial charge in [-0.3, -0.25) is 4.67 Å². The Balaban J connectivity index is 0.000000422. The van der Waals surface area contributed by atoms with Crippen LogP contribution in [0.4, 0.5) is 0 Å². The van der Waals surface area contributed by atoms with Gasteiger partial charge in [0.15, 0.2) is 0 Å². The van der Waals surface area contributed by atoms with Gasteiger partial charge in [0.05, 0.1) is 28.1 Å². The lowest BCUT2D eigenvalue weighted by Crippen LogP contribution is -2.44. The predicted molar refractivity (Wildman–Crippen MR) is 145 cm³/mol. The first-order valence-corrected chi connectivity index (χ1v) is 14.1. The predicted octanol–water partition coefficient (Wildman–Crippen LogP) is 2.56. The summed E-state index contributed by atoms with van der Waals surface area (Å²) in [4.78, 5) is 0. The maximum absolute atomic E-state index is 9.63. The van der Waals surface area contributed by atoms with E-state index in [2.05, 4.69) is 42.6 Å². The minimum atomic E-state index is -0.947. The Morgan fingerprint density at radius 3 is 2.03 bits per heavy atom. The summed E-state index contributed by atoms with van der Waals surface area (Å²) in [6, 6.07) is 0.705. The van der Waals surface area contributed by atoms with E-state index >= 15 is 0 Å². The Hall–Kier alpha value is 0.0300. The minimum Gasteiger partial charge on any atom is -0.400 e. The van der Waals surface area contributed by atoms with E-state index in [-0.39, 0.29) is 32.1 Å². The van der Waals surface area contributed by atoms with Crippen molar-refractivity contribution < 1.29 is 49.0 Å². The van der Waals surface area contributed by atoms with Gasteiger partial charge in [-0.05, 0) is 61.8 Å². The second kappa shape index (κ2) is 15.7. The van der Waals surface area contributed by atoms with Gasteiger partial charge >= 0.3 is 0 Å². The molecule has 4 heterocycles. The van der Waals surface area contributed by atoms with Gasteiger partial charge < -0.3 is 43.5 Å². The van der Waals surface area contributed by atoms with Crippen LogP contribution in [0.3, 0.4) is 0 Å². The van der Waals surface area contributed by atoms with E-state index in [1.54, 1.807) is 14.0 Å². The third-order valence-corrected chi connectivity index (χ3v) is 9.39. The first-order valence-electron chi connectivity index (χ1n) is 16.1. The van der Waals surface area contributed by atoms with Gasteiger partial charge in [0.1, 0.15) is 43.9 Å². The summed E-state index contributed by atoms with van der Waals surface area (Å²) < 4.78 is 78.7. The average Bonchev–Trinajstić information content (AvgIpc) is 3.54. The van der Waals surface area contributed by atoms with Crippen molar-refractivity contribution in [3.05, 3.63) is 0 Å². The van der Waals surface area contributed by atoms with Crippen LogP contribution in [0, 0.1) is 0 Å². The van der Waals surface area contributed by atoms with Crippen molar-refractivity contribution in [3.8, 4) is 0 Å². The highest BCUT2D eigenvalue weighted by molar-refractivity contribution is 7.50. The van der Waals surface area contributed by atoms with E-state index in [9.17, 15) is 5.11 Å². The highest BCUT2D eigenvalue weighted by Gasteiger charge is 2.60. The van der Waals surface area contributed by atoms with Crippen LogP contribution in [0.1, 0.15) is 67.2 Å². The summed E-state index contributed by atoms with van der Waals surface area (Å²) in [6.07, 6.45) is -0.817. The van der Waals surface area contributed by atoms with Crippen molar-refractivity contribution in [2.45, 2.75) is 122 Å². The summed E-state index contributed by atoms with van der Waals surface area (Å²) in [5, 5.41) is 16.6. The summed E-state index contributed by atoms with van der Waals surface area (Å²) >= 11 is 0. The molecule has 0 amide bonds. The standard InChI is InChI=1S/C17H34NO4P.C7H12O3.2CH4O/c1-12(2)18(13(3)4)23(10-8-9-19-7)22-16-15-11-20-17(16,6)14(5)21-15;1-4-7(2)6(8)5(10-4)3-9-7;2*1-2/h12-16H,8-11H2,1-7H3;4-6,8H,3H2,1-2H3;2*2H,1H3/t14-,15-,16-,17-,23?;4-,5-,6-,7-;;/m00../s1/i6D,11T;2D,3T;2*2T/t11-,14+,15+,16+,17+,23?;3-,4+,5+,6+,7+;;/m11... The van der Waals surface area contributed by atoms with Crippen LogP contribution in [0.15, 0.2) is 0 Å². The number of aliphatic hydroxyl groups is 3. The lowest BCUT2D eigenvalue weighted by Gasteiger charge is -2.40. The molecule has 0 saturated carbocycles. The van der Waals surface area contributed by atoms with Crippen molar-refractivity contribution in [2.24, 2.45) is 0 Å². The van der Waals surface area contributed by atoms with Crippen LogP contribution >= 0.6 is 8.30 Å². The zero-order valence-corrected chi connectivity index (χ0v) is 24.8. The summed E-state index contributed by atoms with van der Waals surface area (Å²) in [5.41, 5.74) is -1.77. The first-order chi connectivity index (χ1) is 20.2. The number of nitrogens with zero attached hydrogens (tertiary/aromatic N) is 1. The summed E-state index contributed by atoms with van der Waals surface area (Å²) in [5.74, 6) is 0. The molecule has 4 aliphatic heterocycles. The van der Waals surface area contributed by atoms with Gasteiger partial charge in [0.25, 0.3) is 0 Å². The molecule has 11 atom stereocenters. The van der Waals surface area contributed by atoms with Crippen LogP contribution in [0.25, 0.3) is 0 Å². The second-order valence-corrected chi connectivity index (χ2v) is 11.7. The van der Waals surface area contributed by atoms with E-state index in [1.807, 2.05) is 6.92 Å². The van der Waals surface area contributed by atoms with E-state index in [0.29, 0.717) is 18.7 Å². The zero-order valence-electron chi connectivity index (χ0n) is 29.9. The summed E-state index contributed by atoms with van der Waals surface area (Å²) in [6.45, 7) is 11.5. The number of hydrogen-bond donors (Lipinski definition) is 3. The molecule has 222 valence electrons. The lowest BCUT2D eigenvalue weighted by molar-refractivity contribution is -0.133. The van der Waals surface area contributed by atoms with E-state index in [4.69, 9.17) is 36.6 Å². The van der Waals surface area contributed by atoms with Crippen LogP contribution in [0.5, 0.6) is 0 Å². The molecule has 10 nitrogen and oxygen atoms in total. The Morgan fingerprint density at radius 1 is 1.05 bits per heavy atom. The van der Waals surface area contributed by atoms with Gasteiger partial charge in [-0.1, -0.05) is 0 Å². The van der Waals surface area contributed by atoms with Gasteiger partial charge in [-0.25, -0.2) is 0 Å². The fourth-order valence-corrected chi connectivity index (χ4v) is 7.20. The second-order valence-electron chi connectivity index (χ2n) is 9.86. The zero-order chi connectivity index (χ0) is 33.1. The Morgan fingerprint density at radius 2 is 1.57 bits per heavy atom. The Kier molecular flexibility index (Phi) is 11.0. The number of rotatable bonds is 9. The van der Waals surface area contributed by atoms with Crippen molar-refractivity contribution >= 4 is 8.30 Å². The number of methoxy groups -OCH3 is 1. The monoisotopic (exact) mass is 565 g/mol. The third kappa shape index (κ3) is 7.82. The number of ether oxygens (including phenoxy) is 5. The number of aliphatic hydroxyl groups excluding tert-OH is 3. The van der Waals surface area contributed by atoms with Crippen LogP contribution in [0.2, 0.25) is 0 Å². The quantitative estimate of drug-likeness (QED) is 0.284. The number of hydrogen-bond acceptors (Lipinski definition) is 10. The molecule has 4 bridgehead atoms. The van der Waals surface area contributed by atoms with Crippen molar-refractivity contribution in [1.82, 2.24) is 4.67 Å². The summed E-state index contributed by atoms with van der Waals surface area (Å²) in [7, 11) is 3.41. The maximum Gasteiger partial charge on any atom is 0.210 e. The molecule has 0 aromatic carbocycles. The topological polar surface area (TPSA) is 119 Å². The Labute approximate surface area is 234 Å². The van der Waals surface area contributed by atoms with Gasteiger partial charge in [0.2, 0.25) is 2.86 Å². The number of fused-ring (bicyclic) bond motifs is 4. The fraction of sp³-hybridized carbons (Fsp3) is 1.00. The molecule has 4 fully saturated rings. The van der Waals surface area contributed by atoms with Crippen molar-refractivity contribution in [2.75, 3.05) is 47.3 Å². The molecule has 37 heavy (non-hydrogen) atoms. The minimum absolute atomic E-state index is 0.0509. The molecule has 3 N–H and O–H groups in total. The van der Waals surface area contributed by atoms with Gasteiger partial charge in [-0.2, -0.15) is 0 Å². The normalized spacial score (nSPS) is 44.4. The molecule has 0 aliphatic carbocycles. The molecule has 0 spiro atoms. The third-order valence-electron chi connectivity index (χ3n) is 6.78. The molecule has 4 rings (SSSR count). The molecule has 1 unspecified atom stereocenters. The highest BCUT2D eigenvalue weighted by atomic mass is 31.2. The van der Waals surface area contributed by atoms with E-state index in [0.717, 1.165) is 12.6 Å². The Bertz CT molecular complexity index is 777. The van der Waals surface area contributed by atoms with Gasteiger partial charge in [0, 0.05) is 48.9 Å². The molecular weight excluding hydrogens is 501 g/mol. The van der Waals surface area contributed by atoms with Crippen molar-refractivity contribution in [1.29, 1.82) is 2.86 Å². The first kappa shape index (κ1) is 26.0. The molecular formula is C26H54NO9P. The average molecular weight is 566 g/mol. The highest BCUT2D eigenvalue weighted by Crippen LogP contribution is 2.53. The fourth-order valence-electron chi connectivity index (χ4n) is 4.76. The smallest absolute Gasteiger partial charge is 0.210 e. The largest absolute Gasteiger partial charge is 0.400 e. The van der Waals surface area contributed by atoms with Gasteiger partial charge in [-0.15, -0.1) is 0 Å². The van der Waals surface area contributed by atoms with E-state index < -0.39 is 51.0 Å². The van der Waals surface area contributed by atoms with Crippen molar-refractivity contribution in [3.63, 3.8) is 0 Å². The molecule has 11 heteroatoms. The molecule has 4 saturated heterocycles.